The lowest BCUT2D eigenvalue weighted by molar-refractivity contribution is -0.130. The molecule has 0 bridgehead atoms. The highest BCUT2D eigenvalue weighted by Gasteiger charge is 2.30. The van der Waals surface area contributed by atoms with Crippen LogP contribution in [0.3, 0.4) is 0 Å². The predicted octanol–water partition coefficient (Wildman–Crippen LogP) is 2.53. The van der Waals surface area contributed by atoms with Gasteiger partial charge in [-0.05, 0) is 38.7 Å². The van der Waals surface area contributed by atoms with Crippen molar-refractivity contribution in [1.82, 2.24) is 21.3 Å². The van der Waals surface area contributed by atoms with Crippen LogP contribution in [0, 0.1) is 5.92 Å². The van der Waals surface area contributed by atoms with E-state index >= 15 is 0 Å². The minimum Gasteiger partial charge on any atom is -0.465 e. The number of carbonyl (C=O) groups excluding carboxylic acids is 3. The van der Waals surface area contributed by atoms with E-state index in [4.69, 9.17) is 9.84 Å². The Kier molecular flexibility index (Phi) is 10.2. The summed E-state index contributed by atoms with van der Waals surface area (Å²) >= 11 is 0. The van der Waals surface area contributed by atoms with Crippen molar-refractivity contribution in [2.75, 3.05) is 6.54 Å². The lowest BCUT2D eigenvalue weighted by atomic mass is 9.97. The van der Waals surface area contributed by atoms with Crippen molar-refractivity contribution in [2.24, 2.45) is 5.92 Å². The summed E-state index contributed by atoms with van der Waals surface area (Å²) < 4.78 is 5.13. The number of ether oxygens (including phenoxy) is 1. The van der Waals surface area contributed by atoms with Crippen LogP contribution in [0.25, 0.3) is 0 Å². The summed E-state index contributed by atoms with van der Waals surface area (Å²) in [7, 11) is 0. The molecule has 2 rings (SSSR count). The molecule has 10 nitrogen and oxygen atoms in total. The molecule has 188 valence electrons. The fraction of sp³-hybridized carbons (Fsp3) is 0.583. The topological polar surface area (TPSA) is 146 Å². The molecule has 1 aliphatic rings. The van der Waals surface area contributed by atoms with Gasteiger partial charge in [0.05, 0.1) is 6.54 Å². The number of hydrogen-bond acceptors (Lipinski definition) is 5. The fourth-order valence-electron chi connectivity index (χ4n) is 3.85. The molecule has 1 aromatic rings. The van der Waals surface area contributed by atoms with Crippen molar-refractivity contribution in [2.45, 2.75) is 77.1 Å². The fourth-order valence-corrected chi connectivity index (χ4v) is 3.85. The van der Waals surface area contributed by atoms with Crippen LogP contribution in [0.4, 0.5) is 9.59 Å². The maximum atomic E-state index is 13.0. The van der Waals surface area contributed by atoms with Crippen LogP contribution in [-0.4, -0.2) is 53.3 Å². The largest absolute Gasteiger partial charge is 0.465 e. The van der Waals surface area contributed by atoms with E-state index < -0.39 is 35.8 Å². The molecule has 2 atom stereocenters. The van der Waals surface area contributed by atoms with Crippen molar-refractivity contribution < 1.29 is 29.0 Å². The smallest absolute Gasteiger partial charge is 0.407 e. The Labute approximate surface area is 200 Å². The summed E-state index contributed by atoms with van der Waals surface area (Å²) in [6.07, 6.45) is 2.39. The van der Waals surface area contributed by atoms with Crippen molar-refractivity contribution in [3.8, 4) is 0 Å². The molecule has 0 aliphatic heterocycles. The van der Waals surface area contributed by atoms with Crippen LogP contribution in [0.2, 0.25) is 0 Å². The Morgan fingerprint density at radius 3 is 2.21 bits per heavy atom. The van der Waals surface area contributed by atoms with Gasteiger partial charge in [-0.15, -0.1) is 0 Å². The third-order valence-corrected chi connectivity index (χ3v) is 5.45. The Bertz CT molecular complexity index is 834. The normalized spacial score (nSPS) is 15.6. The second-order valence-corrected chi connectivity index (χ2v) is 9.54. The van der Waals surface area contributed by atoms with Gasteiger partial charge in [0.2, 0.25) is 11.8 Å². The second-order valence-electron chi connectivity index (χ2n) is 9.54. The van der Waals surface area contributed by atoms with E-state index in [1.807, 2.05) is 30.3 Å². The quantitative estimate of drug-likeness (QED) is 0.351. The Hall–Kier alpha value is -3.30. The molecule has 34 heavy (non-hydrogen) atoms. The molecule has 0 heterocycles. The van der Waals surface area contributed by atoms with Gasteiger partial charge in [-0.2, -0.15) is 0 Å². The zero-order valence-corrected chi connectivity index (χ0v) is 20.1. The van der Waals surface area contributed by atoms with Gasteiger partial charge in [-0.1, -0.05) is 56.0 Å². The first-order valence-electron chi connectivity index (χ1n) is 11.6. The number of rotatable bonds is 10. The van der Waals surface area contributed by atoms with E-state index in [0.29, 0.717) is 18.9 Å². The van der Waals surface area contributed by atoms with Crippen LogP contribution >= 0.6 is 0 Å². The van der Waals surface area contributed by atoms with Crippen LogP contribution in [0.15, 0.2) is 30.3 Å². The van der Waals surface area contributed by atoms with Gasteiger partial charge < -0.3 is 31.1 Å². The molecule has 0 aromatic heterocycles. The Morgan fingerprint density at radius 1 is 0.971 bits per heavy atom. The minimum atomic E-state index is -1.42. The zero-order valence-electron chi connectivity index (χ0n) is 20.1. The van der Waals surface area contributed by atoms with E-state index in [2.05, 4.69) is 21.3 Å². The summed E-state index contributed by atoms with van der Waals surface area (Å²) in [4.78, 5) is 49.1. The lowest BCUT2D eigenvalue weighted by Gasteiger charge is -2.25. The average Bonchev–Trinajstić information content (AvgIpc) is 3.27. The van der Waals surface area contributed by atoms with Gasteiger partial charge in [0.1, 0.15) is 17.7 Å². The highest BCUT2D eigenvalue weighted by molar-refractivity contribution is 5.91. The van der Waals surface area contributed by atoms with Crippen molar-refractivity contribution in [1.29, 1.82) is 0 Å². The molecule has 1 fully saturated rings. The van der Waals surface area contributed by atoms with E-state index in [1.54, 1.807) is 20.8 Å². The van der Waals surface area contributed by atoms with Gasteiger partial charge in [0, 0.05) is 6.54 Å². The third kappa shape index (κ3) is 10.1. The zero-order chi connectivity index (χ0) is 25.1. The van der Waals surface area contributed by atoms with Gasteiger partial charge in [-0.3, -0.25) is 9.59 Å². The first-order chi connectivity index (χ1) is 16.0. The average molecular weight is 477 g/mol. The molecule has 0 saturated heterocycles. The van der Waals surface area contributed by atoms with E-state index in [1.165, 1.54) is 0 Å². The molecule has 0 spiro atoms. The highest BCUT2D eigenvalue weighted by atomic mass is 16.6. The molecule has 5 N–H and O–H groups in total. The third-order valence-electron chi connectivity index (χ3n) is 5.45. The number of hydrogen-bond donors (Lipinski definition) is 5. The number of carbonyl (C=O) groups is 4. The van der Waals surface area contributed by atoms with E-state index in [0.717, 1.165) is 31.2 Å². The molecule has 10 heteroatoms. The predicted molar refractivity (Wildman–Crippen MR) is 126 cm³/mol. The van der Waals surface area contributed by atoms with Crippen molar-refractivity contribution in [3.05, 3.63) is 35.9 Å². The molecule has 1 aromatic carbocycles. The first kappa shape index (κ1) is 26.9. The second kappa shape index (κ2) is 12.8. The van der Waals surface area contributed by atoms with Crippen LogP contribution < -0.4 is 21.3 Å². The summed E-state index contributed by atoms with van der Waals surface area (Å²) in [5, 5.41) is 19.2. The number of nitrogens with one attached hydrogen (secondary N) is 4. The number of amides is 4. The maximum absolute atomic E-state index is 13.0. The maximum Gasteiger partial charge on any atom is 0.407 e. The number of alkyl carbamates (subject to hydrolysis) is 1. The van der Waals surface area contributed by atoms with Gasteiger partial charge >= 0.3 is 12.2 Å². The highest BCUT2D eigenvalue weighted by Crippen LogP contribution is 2.28. The monoisotopic (exact) mass is 476 g/mol. The minimum absolute atomic E-state index is 0.304. The van der Waals surface area contributed by atoms with Crippen LogP contribution in [0.5, 0.6) is 0 Å². The SMILES string of the molecule is CC(C)(C)OC(=O)NCC(NC(=O)O)C(=O)NC(CC1CCCC1)C(=O)NCc1ccccc1. The van der Waals surface area contributed by atoms with Gasteiger partial charge in [0.15, 0.2) is 0 Å². The molecule has 0 radical (unpaired) electrons. The van der Waals surface area contributed by atoms with E-state index in [-0.39, 0.29) is 12.5 Å². The molecule has 4 amide bonds. The lowest BCUT2D eigenvalue weighted by Crippen LogP contribution is -2.57. The number of carboxylic acid groups (broad SMARTS) is 1. The molecular formula is C24H36N4O6. The van der Waals surface area contributed by atoms with Crippen molar-refractivity contribution in [3.63, 3.8) is 0 Å². The summed E-state index contributed by atoms with van der Waals surface area (Å²) in [6, 6.07) is 7.30. The van der Waals surface area contributed by atoms with Gasteiger partial charge in [-0.25, -0.2) is 9.59 Å². The van der Waals surface area contributed by atoms with Crippen LogP contribution in [0.1, 0.15) is 58.4 Å². The molecular weight excluding hydrogens is 440 g/mol. The first-order valence-corrected chi connectivity index (χ1v) is 11.6. The van der Waals surface area contributed by atoms with E-state index in [9.17, 15) is 19.2 Å². The summed E-state index contributed by atoms with van der Waals surface area (Å²) in [5.74, 6) is -0.729. The molecule has 2 unspecified atom stereocenters. The molecule has 1 saturated carbocycles. The van der Waals surface area contributed by atoms with Crippen LogP contribution in [-0.2, 0) is 20.9 Å². The number of benzene rings is 1. The molecule has 1 aliphatic carbocycles. The standard InChI is InChI=1S/C24H36N4O6/c1-24(2,3)34-23(33)26-15-19(28-22(31)32)21(30)27-18(13-16-9-7-8-10-16)20(29)25-14-17-11-5-4-6-12-17/h4-6,11-12,16,18-19,28H,7-10,13-15H2,1-3H3,(H,25,29)(H,26,33)(H,27,30)(H,31,32). The summed E-state index contributed by atoms with van der Waals surface area (Å²) in [6.45, 7) is 5.05. The Morgan fingerprint density at radius 2 is 1.62 bits per heavy atom. The summed E-state index contributed by atoms with van der Waals surface area (Å²) in [5.41, 5.74) is 0.180. The van der Waals surface area contributed by atoms with Crippen molar-refractivity contribution >= 4 is 24.0 Å². The van der Waals surface area contributed by atoms with Gasteiger partial charge in [0.25, 0.3) is 0 Å². The Balaban J connectivity index is 2.03.